The molecule has 0 aliphatic heterocycles. The fraction of sp³-hybridized carbons (Fsp3) is 0.143. The van der Waals surface area contributed by atoms with Crippen molar-refractivity contribution in [2.75, 3.05) is 9.80 Å². The van der Waals surface area contributed by atoms with Gasteiger partial charge in [-0.15, -0.1) is 0 Å². The molecule has 5 nitrogen and oxygen atoms in total. The van der Waals surface area contributed by atoms with E-state index in [0.717, 1.165) is 94.6 Å². The van der Waals surface area contributed by atoms with E-state index >= 15 is 0 Å². The van der Waals surface area contributed by atoms with Crippen molar-refractivity contribution in [2.45, 2.75) is 66.2 Å². The van der Waals surface area contributed by atoms with Crippen molar-refractivity contribution >= 4 is 99.9 Å². The summed E-state index contributed by atoms with van der Waals surface area (Å²) < 4.78 is 20.8. The van der Waals surface area contributed by atoms with Gasteiger partial charge in [-0.1, -0.05) is 154 Å². The maximum absolute atomic E-state index is 7.20. The fourth-order valence-electron chi connectivity index (χ4n) is 13.6. The predicted octanol–water partition coefficient (Wildman–Crippen LogP) is 20.2. The molecule has 0 atom stereocenters. The van der Waals surface area contributed by atoms with E-state index in [-0.39, 0.29) is 0 Å². The predicted molar refractivity (Wildman–Crippen MR) is 312 cm³/mol. The first-order valence-electron chi connectivity index (χ1n) is 26.2. The first-order valence-corrected chi connectivity index (χ1v) is 26.2. The van der Waals surface area contributed by atoms with Crippen molar-refractivity contribution in [1.82, 2.24) is 0 Å². The Hall–Kier alpha value is -8.80. The molecule has 0 N–H and O–H groups in total. The number of anilines is 6. The lowest BCUT2D eigenvalue weighted by molar-refractivity contribution is 0.600. The molecule has 0 bridgehead atoms. The molecule has 2 aliphatic rings. The molecule has 2 aliphatic carbocycles. The van der Waals surface area contributed by atoms with Gasteiger partial charge < -0.3 is 23.1 Å². The topological polar surface area (TPSA) is 45.9 Å². The summed E-state index contributed by atoms with van der Waals surface area (Å²) in [7, 11) is 0. The zero-order valence-electron chi connectivity index (χ0n) is 43.4. The van der Waals surface area contributed by atoms with Crippen LogP contribution in [0.15, 0.2) is 195 Å². The van der Waals surface area contributed by atoms with E-state index < -0.39 is 10.8 Å². The summed E-state index contributed by atoms with van der Waals surface area (Å²) in [6, 6.07) is 66.2. The Morgan fingerprint density at radius 2 is 0.760 bits per heavy atom. The van der Waals surface area contributed by atoms with E-state index in [2.05, 4.69) is 235 Å². The first-order chi connectivity index (χ1) is 36.4. The Labute approximate surface area is 435 Å². The van der Waals surface area contributed by atoms with Crippen molar-refractivity contribution < 1.29 is 13.3 Å². The summed E-state index contributed by atoms with van der Waals surface area (Å²) in [4.78, 5) is 4.83. The van der Waals surface area contributed by atoms with Crippen LogP contribution in [0.2, 0.25) is 0 Å². The van der Waals surface area contributed by atoms with Crippen molar-refractivity contribution in [3.63, 3.8) is 0 Å². The number of rotatable bonds is 6. The summed E-state index contributed by atoms with van der Waals surface area (Å²) in [5.41, 5.74) is 25.9. The fourth-order valence-corrected chi connectivity index (χ4v) is 13.6. The van der Waals surface area contributed by atoms with E-state index in [9.17, 15) is 0 Å². The van der Waals surface area contributed by atoms with Crippen molar-refractivity contribution in [3.8, 4) is 22.3 Å². The van der Waals surface area contributed by atoms with Crippen LogP contribution in [0.25, 0.3) is 88.1 Å². The number of benzene rings is 10. The molecule has 15 rings (SSSR count). The smallest absolute Gasteiger partial charge is 0.159 e. The first kappa shape index (κ1) is 43.8. The summed E-state index contributed by atoms with van der Waals surface area (Å²) >= 11 is 0. The highest BCUT2D eigenvalue weighted by atomic mass is 16.3. The standard InChI is InChI=1S/C70H54N2O3/c1-39-27-33-54(41(3)35-39)71(56-22-15-20-47-45-17-9-12-24-58(45)73-66(47)56)43-29-31-49-52(37-43)69(5,6)64-61(49)62-51-19-11-14-26-60(51)75-68(62)63-50-32-30-44(38-53(50)70(7,8)65(63)64)72(55-34-28-40(2)36-42(55)4)57-23-16-21-48-46-18-10-13-25-59(46)74-67(48)57/h9-38H,1-8H3. The number of nitrogens with zero attached hydrogens (tertiary/aromatic N) is 2. The number of furan rings is 3. The number of hydrogen-bond acceptors (Lipinski definition) is 5. The van der Waals surface area contributed by atoms with Crippen LogP contribution in [0.5, 0.6) is 0 Å². The minimum absolute atomic E-state index is 0.416. The number of para-hydroxylation sites is 5. The molecular formula is C70H54N2O3. The van der Waals surface area contributed by atoms with Crippen molar-refractivity contribution in [1.29, 1.82) is 0 Å². The Morgan fingerprint density at radius 3 is 1.25 bits per heavy atom. The average Bonchev–Trinajstić information content (AvgIpc) is 4.20. The molecule has 13 aromatic rings. The second-order valence-electron chi connectivity index (χ2n) is 22.3. The molecule has 5 heteroatoms. The van der Waals surface area contributed by atoms with Gasteiger partial charge in [-0.3, -0.25) is 0 Å². The minimum atomic E-state index is -0.429. The van der Waals surface area contributed by atoms with E-state index in [1.54, 1.807) is 0 Å². The Morgan fingerprint density at radius 1 is 0.347 bits per heavy atom. The SMILES string of the molecule is Cc1ccc(N(c2ccc3c(c2)C(C)(C)c2c4c(c5c(oc6ccccc65)c2-3)-c2ccc(N(c3ccc(C)cc3C)c3cccc5c3oc3ccccc35)cc2C4(C)C)c2cccc3c2oc2ccccc23)c(C)c1. The lowest BCUT2D eigenvalue weighted by Gasteiger charge is -2.32. The van der Waals surface area contributed by atoms with Crippen LogP contribution in [0, 0.1) is 27.7 Å². The molecular weight excluding hydrogens is 917 g/mol. The van der Waals surface area contributed by atoms with Crippen LogP contribution in [-0.2, 0) is 10.8 Å². The van der Waals surface area contributed by atoms with Crippen LogP contribution in [0.3, 0.4) is 0 Å². The quantitative estimate of drug-likeness (QED) is 0.166. The highest BCUT2D eigenvalue weighted by Gasteiger charge is 2.49. The number of aryl methyl sites for hydroxylation is 4. The lowest BCUT2D eigenvalue weighted by Crippen LogP contribution is -2.24. The molecule has 75 heavy (non-hydrogen) atoms. The number of fused-ring (bicyclic) bond motifs is 18. The van der Waals surface area contributed by atoms with Gasteiger partial charge in [0, 0.05) is 71.5 Å². The Kier molecular flexibility index (Phi) is 8.97. The van der Waals surface area contributed by atoms with Crippen LogP contribution in [0.1, 0.15) is 72.2 Å². The van der Waals surface area contributed by atoms with E-state index in [1.165, 1.54) is 72.1 Å². The minimum Gasteiger partial charge on any atom is -0.455 e. The molecule has 3 heterocycles. The molecule has 0 amide bonds. The summed E-state index contributed by atoms with van der Waals surface area (Å²) in [6.45, 7) is 18.5. The Bertz CT molecular complexity index is 4610. The van der Waals surface area contributed by atoms with Gasteiger partial charge in [-0.2, -0.15) is 0 Å². The molecule has 0 saturated heterocycles. The maximum Gasteiger partial charge on any atom is 0.159 e. The highest BCUT2D eigenvalue weighted by molar-refractivity contribution is 6.21. The van der Waals surface area contributed by atoms with Gasteiger partial charge in [0.25, 0.3) is 0 Å². The normalized spacial score (nSPS) is 14.1. The van der Waals surface area contributed by atoms with Crippen LogP contribution in [0.4, 0.5) is 34.1 Å². The van der Waals surface area contributed by atoms with Gasteiger partial charge in [0.05, 0.1) is 11.4 Å². The third kappa shape index (κ3) is 6.01. The third-order valence-corrected chi connectivity index (χ3v) is 16.9. The zero-order valence-corrected chi connectivity index (χ0v) is 43.4. The average molecular weight is 971 g/mol. The second kappa shape index (κ2) is 15.4. The highest BCUT2D eigenvalue weighted by Crippen LogP contribution is 2.64. The van der Waals surface area contributed by atoms with E-state index in [1.807, 2.05) is 12.1 Å². The van der Waals surface area contributed by atoms with E-state index in [0.29, 0.717) is 0 Å². The number of hydrogen-bond donors (Lipinski definition) is 0. The largest absolute Gasteiger partial charge is 0.455 e. The van der Waals surface area contributed by atoms with Crippen LogP contribution >= 0.6 is 0 Å². The van der Waals surface area contributed by atoms with Gasteiger partial charge in [0.15, 0.2) is 11.2 Å². The molecule has 0 unspecified atom stereocenters. The molecule has 0 spiro atoms. The monoisotopic (exact) mass is 970 g/mol. The molecule has 362 valence electrons. The van der Waals surface area contributed by atoms with Gasteiger partial charge in [-0.25, -0.2) is 0 Å². The van der Waals surface area contributed by atoms with Crippen molar-refractivity contribution in [2.24, 2.45) is 0 Å². The van der Waals surface area contributed by atoms with Gasteiger partial charge >= 0.3 is 0 Å². The molecule has 3 aromatic heterocycles. The molecule has 0 saturated carbocycles. The molecule has 0 radical (unpaired) electrons. The molecule has 0 fully saturated rings. The van der Waals surface area contributed by atoms with Gasteiger partial charge in [0.1, 0.15) is 22.3 Å². The summed E-state index contributed by atoms with van der Waals surface area (Å²) in [6.07, 6.45) is 0. The van der Waals surface area contributed by atoms with Crippen LogP contribution in [-0.4, -0.2) is 0 Å². The zero-order chi connectivity index (χ0) is 50.8. The van der Waals surface area contributed by atoms with Crippen LogP contribution < -0.4 is 9.80 Å². The Balaban J connectivity index is 0.957. The van der Waals surface area contributed by atoms with Crippen molar-refractivity contribution in [3.05, 3.63) is 226 Å². The molecule has 10 aromatic carbocycles. The van der Waals surface area contributed by atoms with Gasteiger partial charge in [0.2, 0.25) is 0 Å². The maximum atomic E-state index is 7.20. The lowest BCUT2D eigenvalue weighted by atomic mass is 9.72. The van der Waals surface area contributed by atoms with E-state index in [4.69, 9.17) is 13.3 Å². The second-order valence-corrected chi connectivity index (χ2v) is 22.3. The summed E-state index contributed by atoms with van der Waals surface area (Å²) in [5.74, 6) is 0. The summed E-state index contributed by atoms with van der Waals surface area (Å²) in [5, 5.41) is 6.74. The third-order valence-electron chi connectivity index (χ3n) is 16.9. The van der Waals surface area contributed by atoms with Gasteiger partial charge in [-0.05, 0) is 144 Å².